The minimum Gasteiger partial charge on any atom is -0.326 e. The summed E-state index contributed by atoms with van der Waals surface area (Å²) in [5.41, 5.74) is 2.12. The zero-order valence-corrected chi connectivity index (χ0v) is 14.4. The van der Waals surface area contributed by atoms with Gasteiger partial charge in [0.1, 0.15) is 0 Å². The Hall–Kier alpha value is -3.13. The van der Waals surface area contributed by atoms with Gasteiger partial charge in [-0.05, 0) is 30.3 Å². The first-order valence-corrected chi connectivity index (χ1v) is 8.40. The number of nitrogens with one attached hydrogen (secondary N) is 2. The van der Waals surface area contributed by atoms with E-state index in [0.29, 0.717) is 16.5 Å². The van der Waals surface area contributed by atoms with Crippen LogP contribution in [-0.2, 0) is 4.79 Å². The summed E-state index contributed by atoms with van der Waals surface area (Å²) in [6.07, 6.45) is 0. The number of amides is 2. The van der Waals surface area contributed by atoms with Crippen LogP contribution >= 0.6 is 11.3 Å². The Balaban J connectivity index is 1.72. The summed E-state index contributed by atoms with van der Waals surface area (Å²) in [7, 11) is 0. The molecule has 2 aromatic carbocycles. The molecule has 3 rings (SSSR count). The summed E-state index contributed by atoms with van der Waals surface area (Å²) in [5.74, 6) is -2.84. The fourth-order valence-electron chi connectivity index (χ4n) is 2.20. The molecule has 0 fully saturated rings. The van der Waals surface area contributed by atoms with Gasteiger partial charge in [-0.2, -0.15) is 0 Å². The number of carbonyl (C=O) groups is 2. The lowest BCUT2D eigenvalue weighted by molar-refractivity contribution is -0.114. The fourth-order valence-corrected chi connectivity index (χ4v) is 2.91. The molecule has 8 heteroatoms. The van der Waals surface area contributed by atoms with Crippen molar-refractivity contribution < 1.29 is 18.4 Å². The van der Waals surface area contributed by atoms with Gasteiger partial charge in [-0.15, -0.1) is 11.3 Å². The highest BCUT2D eigenvalue weighted by molar-refractivity contribution is 7.14. The van der Waals surface area contributed by atoms with Gasteiger partial charge >= 0.3 is 0 Å². The Morgan fingerprint density at radius 1 is 1.00 bits per heavy atom. The van der Waals surface area contributed by atoms with Crippen molar-refractivity contribution in [1.82, 2.24) is 4.98 Å². The van der Waals surface area contributed by atoms with Crippen molar-refractivity contribution in [1.29, 1.82) is 0 Å². The molecule has 0 aliphatic rings. The highest BCUT2D eigenvalue weighted by atomic mass is 32.1. The van der Waals surface area contributed by atoms with Gasteiger partial charge in [0.15, 0.2) is 16.8 Å². The number of rotatable bonds is 4. The minimum absolute atomic E-state index is 0.000287. The first-order valence-electron chi connectivity index (χ1n) is 7.52. The van der Waals surface area contributed by atoms with Crippen molar-refractivity contribution in [3.8, 4) is 11.3 Å². The van der Waals surface area contributed by atoms with E-state index < -0.39 is 17.5 Å². The lowest BCUT2D eigenvalue weighted by Gasteiger charge is -2.03. The van der Waals surface area contributed by atoms with Crippen molar-refractivity contribution in [3.63, 3.8) is 0 Å². The molecule has 0 atom stereocenters. The van der Waals surface area contributed by atoms with Gasteiger partial charge < -0.3 is 5.32 Å². The van der Waals surface area contributed by atoms with Gasteiger partial charge in [0.25, 0.3) is 5.91 Å². The zero-order valence-electron chi connectivity index (χ0n) is 13.5. The average Bonchev–Trinajstić information content (AvgIpc) is 3.06. The maximum Gasteiger partial charge on any atom is 0.257 e. The number of hydrogen-bond acceptors (Lipinski definition) is 4. The van der Waals surface area contributed by atoms with Crippen LogP contribution in [0.3, 0.4) is 0 Å². The van der Waals surface area contributed by atoms with E-state index in [1.807, 2.05) is 0 Å². The molecular weight excluding hydrogens is 360 g/mol. The van der Waals surface area contributed by atoms with Gasteiger partial charge in [0, 0.05) is 29.1 Å². The first kappa shape index (κ1) is 17.7. The van der Waals surface area contributed by atoms with Crippen LogP contribution in [0, 0.1) is 11.6 Å². The van der Waals surface area contributed by atoms with Gasteiger partial charge in [-0.1, -0.05) is 12.1 Å². The van der Waals surface area contributed by atoms with Crippen molar-refractivity contribution in [2.45, 2.75) is 6.92 Å². The molecule has 0 aliphatic carbocycles. The molecular formula is C18H13F2N3O2S. The monoisotopic (exact) mass is 373 g/mol. The maximum absolute atomic E-state index is 13.2. The summed E-state index contributed by atoms with van der Waals surface area (Å²) < 4.78 is 26.2. The molecule has 1 aromatic heterocycles. The Morgan fingerprint density at radius 2 is 1.73 bits per heavy atom. The molecule has 0 aliphatic heterocycles. The topological polar surface area (TPSA) is 71.1 Å². The normalized spacial score (nSPS) is 10.4. The summed E-state index contributed by atoms with van der Waals surface area (Å²) in [6.45, 7) is 1.43. The third-order valence-electron chi connectivity index (χ3n) is 3.41. The lowest BCUT2D eigenvalue weighted by Crippen LogP contribution is -2.12. The van der Waals surface area contributed by atoms with Gasteiger partial charge in [0.05, 0.1) is 5.69 Å². The number of benzene rings is 2. The molecule has 26 heavy (non-hydrogen) atoms. The summed E-state index contributed by atoms with van der Waals surface area (Å²) in [4.78, 5) is 27.4. The second-order valence-electron chi connectivity index (χ2n) is 5.38. The van der Waals surface area contributed by atoms with E-state index >= 15 is 0 Å². The van der Waals surface area contributed by atoms with Crippen LogP contribution in [0.2, 0.25) is 0 Å². The van der Waals surface area contributed by atoms with E-state index in [4.69, 9.17) is 0 Å². The molecule has 0 saturated carbocycles. The van der Waals surface area contributed by atoms with Gasteiger partial charge in [-0.25, -0.2) is 13.8 Å². The highest BCUT2D eigenvalue weighted by Crippen LogP contribution is 2.26. The Kier molecular flexibility index (Phi) is 5.04. The van der Waals surface area contributed by atoms with Crippen LogP contribution in [0.15, 0.2) is 47.8 Å². The number of anilines is 2. The van der Waals surface area contributed by atoms with Gasteiger partial charge in [-0.3, -0.25) is 14.9 Å². The van der Waals surface area contributed by atoms with Crippen molar-refractivity contribution in [2.75, 3.05) is 10.6 Å². The standard InChI is InChI=1S/C18H13F2N3O2S/c1-10(24)21-13-5-2-11(3-6-13)16-9-26-18(22-16)23-17(25)12-4-7-14(19)15(20)8-12/h2-9H,1H3,(H,21,24)(H,22,23,25). The van der Waals surface area contributed by atoms with Crippen LogP contribution in [0.25, 0.3) is 11.3 Å². The largest absolute Gasteiger partial charge is 0.326 e. The van der Waals surface area contributed by atoms with E-state index in [-0.39, 0.29) is 11.5 Å². The van der Waals surface area contributed by atoms with E-state index in [1.165, 1.54) is 24.3 Å². The second-order valence-corrected chi connectivity index (χ2v) is 6.24. The van der Waals surface area contributed by atoms with E-state index in [9.17, 15) is 18.4 Å². The summed E-state index contributed by atoms with van der Waals surface area (Å²) in [6, 6.07) is 10.0. The smallest absolute Gasteiger partial charge is 0.257 e. The zero-order chi connectivity index (χ0) is 18.7. The molecule has 132 valence electrons. The van der Waals surface area contributed by atoms with Crippen LogP contribution in [0.5, 0.6) is 0 Å². The number of hydrogen-bond donors (Lipinski definition) is 2. The molecule has 0 saturated heterocycles. The number of halogens is 2. The Bertz CT molecular complexity index is 971. The minimum atomic E-state index is -1.09. The van der Waals surface area contributed by atoms with Gasteiger partial charge in [0.2, 0.25) is 5.91 Å². The Labute approximate surface area is 151 Å². The molecule has 0 radical (unpaired) electrons. The van der Waals surface area contributed by atoms with Crippen LogP contribution in [-0.4, -0.2) is 16.8 Å². The van der Waals surface area contributed by atoms with Crippen molar-refractivity contribution >= 4 is 34.0 Å². The van der Waals surface area contributed by atoms with Crippen LogP contribution in [0.1, 0.15) is 17.3 Å². The number of carbonyl (C=O) groups excluding carboxylic acids is 2. The molecule has 1 heterocycles. The molecule has 2 N–H and O–H groups in total. The fraction of sp³-hybridized carbons (Fsp3) is 0.0556. The molecule has 0 spiro atoms. The average molecular weight is 373 g/mol. The Morgan fingerprint density at radius 3 is 2.38 bits per heavy atom. The SMILES string of the molecule is CC(=O)Nc1ccc(-c2csc(NC(=O)c3ccc(F)c(F)c3)n2)cc1. The van der Waals surface area contributed by atoms with Crippen LogP contribution in [0.4, 0.5) is 19.6 Å². The quantitative estimate of drug-likeness (QED) is 0.716. The molecule has 2 amide bonds. The summed E-state index contributed by atoms with van der Waals surface area (Å²) >= 11 is 1.21. The van der Waals surface area contributed by atoms with E-state index in [2.05, 4.69) is 15.6 Å². The number of aromatic nitrogens is 1. The predicted molar refractivity (Wildman–Crippen MR) is 96.2 cm³/mol. The van der Waals surface area contributed by atoms with E-state index in [0.717, 1.165) is 17.7 Å². The molecule has 0 unspecified atom stereocenters. The summed E-state index contributed by atoms with van der Waals surface area (Å²) in [5, 5.41) is 7.32. The third kappa shape index (κ3) is 4.09. The first-order chi connectivity index (χ1) is 12.4. The lowest BCUT2D eigenvalue weighted by atomic mass is 10.1. The number of nitrogens with zero attached hydrogens (tertiary/aromatic N) is 1. The third-order valence-corrected chi connectivity index (χ3v) is 4.17. The maximum atomic E-state index is 13.2. The second kappa shape index (κ2) is 7.40. The molecule has 5 nitrogen and oxygen atoms in total. The number of thiazole rings is 1. The predicted octanol–water partition coefficient (Wildman–Crippen LogP) is 4.30. The van der Waals surface area contributed by atoms with Crippen LogP contribution < -0.4 is 10.6 Å². The molecule has 0 bridgehead atoms. The highest BCUT2D eigenvalue weighted by Gasteiger charge is 2.12. The van der Waals surface area contributed by atoms with E-state index in [1.54, 1.807) is 29.6 Å². The molecule has 3 aromatic rings. The van der Waals surface area contributed by atoms with Crippen molar-refractivity contribution in [3.05, 3.63) is 65.0 Å². The van der Waals surface area contributed by atoms with Crippen molar-refractivity contribution in [2.24, 2.45) is 0 Å².